The maximum atomic E-state index is 12.4. The van der Waals surface area contributed by atoms with E-state index in [1.807, 2.05) is 53.4 Å². The molecule has 0 spiro atoms. The van der Waals surface area contributed by atoms with E-state index in [1.54, 1.807) is 29.3 Å². The number of thiophene rings is 1. The van der Waals surface area contributed by atoms with Crippen LogP contribution in [0.2, 0.25) is 0 Å². The summed E-state index contributed by atoms with van der Waals surface area (Å²) in [5.41, 5.74) is 1.99. The fraction of sp³-hybridized carbons (Fsp3) is 0.278. The van der Waals surface area contributed by atoms with E-state index in [1.165, 1.54) is 0 Å². The van der Waals surface area contributed by atoms with Crippen molar-refractivity contribution in [3.63, 3.8) is 0 Å². The molecule has 2 aromatic heterocycles. The largest absolute Gasteiger partial charge is 0.497 e. The standard InChI is InChI=1S/C18H21N3O3S2/c1-24-17-5-3-15(4-6-17)8-12-26(22,23)20-13-18(16-7-11-25-14-16)21-10-2-9-19-21/h2-7,9-11,14,18,20H,8,12-13H2,1H3/t18-/m1/s1. The lowest BCUT2D eigenvalue weighted by atomic mass is 10.1. The van der Waals surface area contributed by atoms with Crippen molar-refractivity contribution in [2.45, 2.75) is 12.5 Å². The zero-order chi connectivity index (χ0) is 18.4. The highest BCUT2D eigenvalue weighted by Gasteiger charge is 2.18. The van der Waals surface area contributed by atoms with Crippen molar-refractivity contribution in [1.29, 1.82) is 0 Å². The SMILES string of the molecule is COc1ccc(CCS(=O)(=O)NC[C@H](c2ccsc2)n2cccn2)cc1. The molecule has 0 amide bonds. The number of ether oxygens (including phenoxy) is 1. The molecule has 3 rings (SSSR count). The topological polar surface area (TPSA) is 73.2 Å². The van der Waals surface area contributed by atoms with Gasteiger partial charge in [-0.2, -0.15) is 16.4 Å². The van der Waals surface area contributed by atoms with Gasteiger partial charge in [0, 0.05) is 18.9 Å². The number of rotatable bonds is 9. The lowest BCUT2D eigenvalue weighted by Gasteiger charge is -2.17. The fourth-order valence-electron chi connectivity index (χ4n) is 2.62. The minimum absolute atomic E-state index is 0.0365. The second kappa shape index (κ2) is 8.48. The Kier molecular flexibility index (Phi) is 6.08. The first-order valence-corrected chi connectivity index (χ1v) is 10.8. The summed E-state index contributed by atoms with van der Waals surface area (Å²) in [5, 5.41) is 8.25. The van der Waals surface area contributed by atoms with Gasteiger partial charge >= 0.3 is 0 Å². The van der Waals surface area contributed by atoms with Crippen LogP contribution in [0, 0.1) is 0 Å². The number of methoxy groups -OCH3 is 1. The molecule has 1 aromatic carbocycles. The molecule has 0 bridgehead atoms. The predicted octanol–water partition coefficient (Wildman–Crippen LogP) is 2.70. The van der Waals surface area contributed by atoms with Gasteiger partial charge in [0.15, 0.2) is 0 Å². The summed E-state index contributed by atoms with van der Waals surface area (Å²) in [6, 6.07) is 11.1. The van der Waals surface area contributed by atoms with Crippen LogP contribution >= 0.6 is 11.3 Å². The quantitative estimate of drug-likeness (QED) is 0.609. The molecular weight excluding hydrogens is 370 g/mol. The molecule has 2 heterocycles. The molecule has 0 radical (unpaired) electrons. The maximum Gasteiger partial charge on any atom is 0.212 e. The van der Waals surface area contributed by atoms with Crippen LogP contribution in [0.25, 0.3) is 0 Å². The Bertz CT molecular complexity index is 856. The Labute approximate surface area is 157 Å². The van der Waals surface area contributed by atoms with Crippen molar-refractivity contribution in [3.05, 3.63) is 70.7 Å². The van der Waals surface area contributed by atoms with E-state index in [0.717, 1.165) is 16.9 Å². The van der Waals surface area contributed by atoms with Crippen LogP contribution < -0.4 is 9.46 Å². The van der Waals surface area contributed by atoms with Gasteiger partial charge in [0.25, 0.3) is 0 Å². The summed E-state index contributed by atoms with van der Waals surface area (Å²) >= 11 is 1.58. The van der Waals surface area contributed by atoms with Gasteiger partial charge in [-0.3, -0.25) is 4.68 Å². The van der Waals surface area contributed by atoms with E-state index in [0.29, 0.717) is 6.42 Å². The zero-order valence-electron chi connectivity index (χ0n) is 14.4. The third-order valence-corrected chi connectivity index (χ3v) is 6.14. The van der Waals surface area contributed by atoms with Crippen LogP contribution in [0.3, 0.4) is 0 Å². The van der Waals surface area contributed by atoms with Gasteiger partial charge in [0.2, 0.25) is 10.0 Å². The smallest absolute Gasteiger partial charge is 0.212 e. The van der Waals surface area contributed by atoms with Crippen molar-refractivity contribution in [3.8, 4) is 5.75 Å². The minimum Gasteiger partial charge on any atom is -0.497 e. The highest BCUT2D eigenvalue weighted by Crippen LogP contribution is 2.20. The molecule has 0 aliphatic heterocycles. The summed E-state index contributed by atoms with van der Waals surface area (Å²) in [6.07, 6.45) is 3.98. The molecule has 3 aromatic rings. The maximum absolute atomic E-state index is 12.4. The Morgan fingerprint density at radius 2 is 2.08 bits per heavy atom. The first-order valence-electron chi connectivity index (χ1n) is 8.19. The highest BCUT2D eigenvalue weighted by molar-refractivity contribution is 7.89. The lowest BCUT2D eigenvalue weighted by molar-refractivity contribution is 0.414. The van der Waals surface area contributed by atoms with Crippen molar-refractivity contribution < 1.29 is 13.2 Å². The average Bonchev–Trinajstić information content (AvgIpc) is 3.35. The first-order chi connectivity index (χ1) is 12.6. The average molecular weight is 392 g/mol. The molecule has 6 nitrogen and oxygen atoms in total. The molecular formula is C18H21N3O3S2. The van der Waals surface area contributed by atoms with Gasteiger partial charge in [0.1, 0.15) is 5.75 Å². The zero-order valence-corrected chi connectivity index (χ0v) is 16.0. The molecule has 0 saturated heterocycles. The summed E-state index contributed by atoms with van der Waals surface area (Å²) < 4.78 is 34.4. The number of nitrogens with zero attached hydrogens (tertiary/aromatic N) is 2. The van der Waals surface area contributed by atoms with E-state index < -0.39 is 10.0 Å². The monoisotopic (exact) mass is 391 g/mol. The molecule has 0 aliphatic carbocycles. The van der Waals surface area contributed by atoms with Crippen molar-refractivity contribution in [2.75, 3.05) is 19.4 Å². The van der Waals surface area contributed by atoms with Crippen LogP contribution in [-0.4, -0.2) is 37.6 Å². The fourth-order valence-corrected chi connectivity index (χ4v) is 4.38. The molecule has 26 heavy (non-hydrogen) atoms. The lowest BCUT2D eigenvalue weighted by Crippen LogP contribution is -2.33. The third kappa shape index (κ3) is 4.94. The summed E-state index contributed by atoms with van der Waals surface area (Å²) in [4.78, 5) is 0. The number of hydrogen-bond donors (Lipinski definition) is 1. The van der Waals surface area contributed by atoms with Crippen LogP contribution in [-0.2, 0) is 16.4 Å². The molecule has 138 valence electrons. The first kappa shape index (κ1) is 18.6. The van der Waals surface area contributed by atoms with Crippen LogP contribution in [0.15, 0.2) is 59.6 Å². The Hall–Kier alpha value is -2.16. The number of aryl methyl sites for hydroxylation is 1. The summed E-state index contributed by atoms with van der Waals surface area (Å²) in [7, 11) is -1.79. The number of hydrogen-bond acceptors (Lipinski definition) is 5. The van der Waals surface area contributed by atoms with Crippen molar-refractivity contribution in [2.24, 2.45) is 0 Å². The Morgan fingerprint density at radius 3 is 2.69 bits per heavy atom. The second-order valence-corrected chi connectivity index (χ2v) is 8.53. The molecule has 0 unspecified atom stereocenters. The van der Waals surface area contributed by atoms with E-state index in [4.69, 9.17) is 4.74 Å². The van der Waals surface area contributed by atoms with E-state index in [2.05, 4.69) is 9.82 Å². The molecule has 0 saturated carbocycles. The Morgan fingerprint density at radius 1 is 1.27 bits per heavy atom. The van der Waals surface area contributed by atoms with Gasteiger partial charge in [-0.1, -0.05) is 12.1 Å². The normalized spacial score (nSPS) is 12.8. The second-order valence-electron chi connectivity index (χ2n) is 5.82. The number of benzene rings is 1. The van der Waals surface area contributed by atoms with Gasteiger partial charge in [0.05, 0.1) is 18.9 Å². The molecule has 1 atom stereocenters. The summed E-state index contributed by atoms with van der Waals surface area (Å²) in [6.45, 7) is 0.267. The third-order valence-electron chi connectivity index (χ3n) is 4.09. The van der Waals surface area contributed by atoms with Gasteiger partial charge in [-0.25, -0.2) is 13.1 Å². The number of nitrogens with one attached hydrogen (secondary N) is 1. The van der Waals surface area contributed by atoms with Gasteiger partial charge in [-0.05, 0) is 52.6 Å². The molecule has 8 heteroatoms. The van der Waals surface area contributed by atoms with Gasteiger partial charge < -0.3 is 4.74 Å². The number of aromatic nitrogens is 2. The number of sulfonamides is 1. The summed E-state index contributed by atoms with van der Waals surface area (Å²) in [5.74, 6) is 0.794. The van der Waals surface area contributed by atoms with Crippen LogP contribution in [0.4, 0.5) is 0 Å². The molecule has 0 fully saturated rings. The van der Waals surface area contributed by atoms with Crippen molar-refractivity contribution in [1.82, 2.24) is 14.5 Å². The van der Waals surface area contributed by atoms with E-state index in [9.17, 15) is 8.42 Å². The predicted molar refractivity (Wildman–Crippen MR) is 103 cm³/mol. The molecule has 0 aliphatic rings. The van der Waals surface area contributed by atoms with E-state index in [-0.39, 0.29) is 18.3 Å². The molecule has 1 N–H and O–H groups in total. The highest BCUT2D eigenvalue weighted by atomic mass is 32.2. The van der Waals surface area contributed by atoms with E-state index >= 15 is 0 Å². The van der Waals surface area contributed by atoms with Crippen LogP contribution in [0.1, 0.15) is 17.2 Å². The Balaban J connectivity index is 1.60. The van der Waals surface area contributed by atoms with Gasteiger partial charge in [-0.15, -0.1) is 0 Å². The van der Waals surface area contributed by atoms with Crippen LogP contribution in [0.5, 0.6) is 5.75 Å². The van der Waals surface area contributed by atoms with Crippen molar-refractivity contribution >= 4 is 21.4 Å². The minimum atomic E-state index is -3.39.